The summed E-state index contributed by atoms with van der Waals surface area (Å²) in [4.78, 5) is 18.3. The molecule has 1 amide bonds. The molecule has 144 valence electrons. The van der Waals surface area contributed by atoms with Crippen molar-refractivity contribution in [3.05, 3.63) is 29.6 Å². The van der Waals surface area contributed by atoms with E-state index in [9.17, 15) is 18.0 Å². The van der Waals surface area contributed by atoms with Gasteiger partial charge in [0.25, 0.3) is 0 Å². The second-order valence-corrected chi connectivity index (χ2v) is 6.00. The number of anilines is 1. The summed E-state index contributed by atoms with van der Waals surface area (Å²) in [5, 5.41) is 8.16. The Bertz CT molecular complexity index is 668. The van der Waals surface area contributed by atoms with Crippen molar-refractivity contribution in [3.63, 3.8) is 0 Å². The van der Waals surface area contributed by atoms with Crippen LogP contribution in [0.25, 0.3) is 0 Å². The zero-order valence-corrected chi connectivity index (χ0v) is 14.9. The Morgan fingerprint density at radius 3 is 2.73 bits per heavy atom. The van der Waals surface area contributed by atoms with Crippen LogP contribution in [0.1, 0.15) is 19.8 Å². The number of hydrogen-bond acceptors (Lipinski definition) is 3. The smallest absolute Gasteiger partial charge is 0.243 e. The highest BCUT2D eigenvalue weighted by molar-refractivity contribution is 5.95. The molecule has 0 spiro atoms. The third-order valence-corrected chi connectivity index (χ3v) is 4.36. The van der Waals surface area contributed by atoms with Crippen LogP contribution in [-0.4, -0.2) is 56.0 Å². The summed E-state index contributed by atoms with van der Waals surface area (Å²) in [6.07, 6.45) is 2.27. The Morgan fingerprint density at radius 1 is 1.27 bits per heavy atom. The Kier molecular flexibility index (Phi) is 7.26. The lowest BCUT2D eigenvalue weighted by atomic mass is 10.2. The minimum atomic E-state index is -1.62. The first-order valence-electron chi connectivity index (χ1n) is 8.58. The van der Waals surface area contributed by atoms with Crippen LogP contribution in [0.15, 0.2) is 17.1 Å². The number of amides is 1. The fraction of sp³-hybridized carbons (Fsp3) is 0.529. The van der Waals surface area contributed by atoms with Crippen molar-refractivity contribution >= 4 is 17.6 Å². The van der Waals surface area contributed by atoms with E-state index >= 15 is 0 Å². The number of aliphatic imine (C=N–C) groups is 1. The van der Waals surface area contributed by atoms with Crippen LogP contribution in [-0.2, 0) is 4.79 Å². The Hall–Kier alpha value is -2.29. The van der Waals surface area contributed by atoms with Crippen molar-refractivity contribution in [3.8, 4) is 0 Å². The van der Waals surface area contributed by atoms with Crippen LogP contribution in [0.3, 0.4) is 0 Å². The Balaban J connectivity index is 1.81. The summed E-state index contributed by atoms with van der Waals surface area (Å²) in [7, 11) is 1.58. The maximum absolute atomic E-state index is 13.6. The molecule has 3 N–H and O–H groups in total. The van der Waals surface area contributed by atoms with Crippen LogP contribution in [0.4, 0.5) is 18.9 Å². The summed E-state index contributed by atoms with van der Waals surface area (Å²) in [6, 6.07) is 2.14. The van der Waals surface area contributed by atoms with Gasteiger partial charge in [-0.25, -0.2) is 13.2 Å². The van der Waals surface area contributed by atoms with Crippen molar-refractivity contribution in [2.45, 2.75) is 25.8 Å². The second kappa shape index (κ2) is 9.42. The van der Waals surface area contributed by atoms with Gasteiger partial charge >= 0.3 is 0 Å². The fourth-order valence-electron chi connectivity index (χ4n) is 2.96. The average molecular weight is 371 g/mol. The number of carbonyl (C=O) groups is 1. The van der Waals surface area contributed by atoms with Gasteiger partial charge in [-0.2, -0.15) is 0 Å². The number of halogens is 3. The van der Waals surface area contributed by atoms with E-state index in [1.807, 2.05) is 0 Å². The van der Waals surface area contributed by atoms with E-state index in [0.717, 1.165) is 38.1 Å². The lowest BCUT2D eigenvalue weighted by Crippen LogP contribution is -2.46. The van der Waals surface area contributed by atoms with E-state index < -0.39 is 29.0 Å². The number of guanidine groups is 1. The molecule has 1 aromatic carbocycles. The summed E-state index contributed by atoms with van der Waals surface area (Å²) in [6.45, 7) is 4.69. The Labute approximate surface area is 150 Å². The minimum Gasteiger partial charge on any atom is -0.355 e. The molecule has 0 radical (unpaired) electrons. The molecular formula is C17H24F3N5O. The maximum Gasteiger partial charge on any atom is 0.243 e. The van der Waals surface area contributed by atoms with E-state index in [0.29, 0.717) is 18.5 Å². The molecule has 1 aromatic rings. The van der Waals surface area contributed by atoms with Gasteiger partial charge in [-0.1, -0.05) is 6.92 Å². The predicted octanol–water partition coefficient (Wildman–Crippen LogP) is 1.69. The molecule has 1 aliphatic rings. The molecule has 6 nitrogen and oxygen atoms in total. The molecule has 0 aromatic heterocycles. The number of likely N-dealkylation sites (N-methyl/N-ethyl adjacent to an activating group) is 1. The van der Waals surface area contributed by atoms with Crippen LogP contribution < -0.4 is 16.0 Å². The van der Waals surface area contributed by atoms with E-state index in [1.165, 1.54) is 0 Å². The molecule has 26 heavy (non-hydrogen) atoms. The van der Waals surface area contributed by atoms with Crippen molar-refractivity contribution in [2.75, 3.05) is 38.5 Å². The summed E-state index contributed by atoms with van der Waals surface area (Å²) >= 11 is 0. The largest absolute Gasteiger partial charge is 0.355 e. The third-order valence-electron chi connectivity index (χ3n) is 4.36. The number of rotatable bonds is 6. The lowest BCUT2D eigenvalue weighted by Gasteiger charge is -2.23. The molecule has 0 bridgehead atoms. The quantitative estimate of drug-likeness (QED) is 0.404. The van der Waals surface area contributed by atoms with Gasteiger partial charge in [-0.05, 0) is 38.1 Å². The first-order chi connectivity index (χ1) is 12.5. The van der Waals surface area contributed by atoms with E-state index in [1.54, 1.807) is 7.05 Å². The van der Waals surface area contributed by atoms with Gasteiger partial charge in [0, 0.05) is 19.6 Å². The number of benzene rings is 1. The molecule has 0 aliphatic carbocycles. The molecule has 1 saturated heterocycles. The monoisotopic (exact) mass is 371 g/mol. The number of nitrogens with one attached hydrogen (secondary N) is 3. The number of nitrogens with zero attached hydrogens (tertiary/aromatic N) is 2. The predicted molar refractivity (Wildman–Crippen MR) is 94.6 cm³/mol. The van der Waals surface area contributed by atoms with E-state index in [4.69, 9.17) is 0 Å². The van der Waals surface area contributed by atoms with Gasteiger partial charge in [-0.3, -0.25) is 14.7 Å². The van der Waals surface area contributed by atoms with Crippen molar-refractivity contribution in [1.29, 1.82) is 0 Å². The Morgan fingerprint density at radius 2 is 2.04 bits per heavy atom. The molecule has 9 heteroatoms. The zero-order chi connectivity index (χ0) is 19.1. The van der Waals surface area contributed by atoms with E-state index in [-0.39, 0.29) is 6.54 Å². The zero-order valence-electron chi connectivity index (χ0n) is 14.9. The first kappa shape index (κ1) is 20.0. The van der Waals surface area contributed by atoms with Gasteiger partial charge in [-0.15, -0.1) is 0 Å². The summed E-state index contributed by atoms with van der Waals surface area (Å²) in [5.74, 6) is -4.52. The number of hydrogen-bond donors (Lipinski definition) is 3. The summed E-state index contributed by atoms with van der Waals surface area (Å²) in [5.41, 5.74) is -0.414. The van der Waals surface area contributed by atoms with Crippen LogP contribution in [0.5, 0.6) is 0 Å². The normalized spacial score (nSPS) is 18.0. The minimum absolute atomic E-state index is 0.194. The molecule has 2 rings (SSSR count). The first-order valence-corrected chi connectivity index (χ1v) is 8.58. The molecule has 1 aliphatic heterocycles. The summed E-state index contributed by atoms with van der Waals surface area (Å²) < 4.78 is 39.6. The molecule has 1 fully saturated rings. The molecule has 0 saturated carbocycles. The molecular weight excluding hydrogens is 347 g/mol. The van der Waals surface area contributed by atoms with Crippen molar-refractivity contribution in [1.82, 2.24) is 15.5 Å². The SMILES string of the molecule is CCN1CCCC1CNC(=NC)NCC(=O)Nc1ccc(F)c(F)c1F. The van der Waals surface area contributed by atoms with Crippen LogP contribution >= 0.6 is 0 Å². The van der Waals surface area contributed by atoms with Gasteiger partial charge in [0.15, 0.2) is 23.4 Å². The maximum atomic E-state index is 13.6. The molecule has 1 unspecified atom stereocenters. The van der Waals surface area contributed by atoms with Crippen molar-refractivity contribution in [2.24, 2.45) is 4.99 Å². The molecule has 1 heterocycles. The van der Waals surface area contributed by atoms with Gasteiger partial charge < -0.3 is 16.0 Å². The molecule has 1 atom stereocenters. The van der Waals surface area contributed by atoms with Crippen LogP contribution in [0, 0.1) is 17.5 Å². The highest BCUT2D eigenvalue weighted by Crippen LogP contribution is 2.19. The van der Waals surface area contributed by atoms with Gasteiger partial charge in [0.1, 0.15) is 0 Å². The average Bonchev–Trinajstić information content (AvgIpc) is 3.10. The fourth-order valence-corrected chi connectivity index (χ4v) is 2.96. The van der Waals surface area contributed by atoms with Gasteiger partial charge in [0.05, 0.1) is 12.2 Å². The van der Waals surface area contributed by atoms with Crippen molar-refractivity contribution < 1.29 is 18.0 Å². The van der Waals surface area contributed by atoms with Gasteiger partial charge in [0.2, 0.25) is 5.91 Å². The standard InChI is InChI=1S/C17H24F3N5O/c1-3-25-8-4-5-11(25)9-22-17(21-2)23-10-14(26)24-13-7-6-12(18)15(19)16(13)20/h6-7,11H,3-5,8-10H2,1-2H3,(H,24,26)(H2,21,22,23). The number of carbonyl (C=O) groups excluding carboxylic acids is 1. The van der Waals surface area contributed by atoms with E-state index in [2.05, 4.69) is 32.8 Å². The third kappa shape index (κ3) is 5.10. The van der Waals surface area contributed by atoms with Crippen LogP contribution in [0.2, 0.25) is 0 Å². The lowest BCUT2D eigenvalue weighted by molar-refractivity contribution is -0.115. The number of likely N-dealkylation sites (tertiary alicyclic amines) is 1. The second-order valence-electron chi connectivity index (χ2n) is 6.00. The topological polar surface area (TPSA) is 68.8 Å². The highest BCUT2D eigenvalue weighted by Gasteiger charge is 2.22. The highest BCUT2D eigenvalue weighted by atomic mass is 19.2.